The molecule has 0 spiro atoms. The summed E-state index contributed by atoms with van der Waals surface area (Å²) in [7, 11) is 0. The number of hydrogen-bond acceptors (Lipinski definition) is 5. The topological polar surface area (TPSA) is 59.2 Å². The van der Waals surface area contributed by atoms with E-state index in [2.05, 4.69) is 10.1 Å². The summed E-state index contributed by atoms with van der Waals surface area (Å²) in [6.07, 6.45) is 0. The predicted octanol–water partition coefficient (Wildman–Crippen LogP) is 3.17. The Morgan fingerprint density at radius 3 is 2.82 bits per heavy atom. The van der Waals surface area contributed by atoms with Crippen molar-refractivity contribution in [3.8, 4) is 28.6 Å². The molecular formula is C12H8N2O2S. The van der Waals surface area contributed by atoms with E-state index in [4.69, 9.17) is 4.52 Å². The summed E-state index contributed by atoms with van der Waals surface area (Å²) in [4.78, 5) is 4.25. The van der Waals surface area contributed by atoms with Crippen LogP contribution in [0.4, 0.5) is 0 Å². The number of benzene rings is 1. The van der Waals surface area contributed by atoms with Gasteiger partial charge in [-0.25, -0.2) is 0 Å². The van der Waals surface area contributed by atoms with E-state index in [1.165, 1.54) is 0 Å². The van der Waals surface area contributed by atoms with Gasteiger partial charge in [0, 0.05) is 10.9 Å². The molecule has 17 heavy (non-hydrogen) atoms. The van der Waals surface area contributed by atoms with Crippen LogP contribution in [0.15, 0.2) is 45.6 Å². The van der Waals surface area contributed by atoms with E-state index in [9.17, 15) is 5.11 Å². The molecule has 0 radical (unpaired) electrons. The third-order valence-corrected chi connectivity index (χ3v) is 3.02. The zero-order chi connectivity index (χ0) is 11.7. The van der Waals surface area contributed by atoms with Crippen molar-refractivity contribution < 1.29 is 9.63 Å². The van der Waals surface area contributed by atoms with Gasteiger partial charge in [-0.1, -0.05) is 17.3 Å². The molecule has 2 aromatic heterocycles. The van der Waals surface area contributed by atoms with Crippen molar-refractivity contribution in [2.24, 2.45) is 0 Å². The number of para-hydroxylation sites is 1. The highest BCUT2D eigenvalue weighted by atomic mass is 32.1. The minimum Gasteiger partial charge on any atom is -0.507 e. The van der Waals surface area contributed by atoms with Crippen LogP contribution in [0.3, 0.4) is 0 Å². The molecule has 0 atom stereocenters. The summed E-state index contributed by atoms with van der Waals surface area (Å²) < 4.78 is 5.14. The molecule has 0 amide bonds. The molecule has 1 aromatic carbocycles. The van der Waals surface area contributed by atoms with Gasteiger partial charge in [0.1, 0.15) is 5.75 Å². The second-order valence-corrected chi connectivity index (χ2v) is 4.23. The number of aromatic hydroxyl groups is 1. The van der Waals surface area contributed by atoms with Crippen LogP contribution in [0.25, 0.3) is 22.8 Å². The lowest BCUT2D eigenvalue weighted by molar-refractivity contribution is 0.426. The first-order valence-corrected chi connectivity index (χ1v) is 5.93. The minimum absolute atomic E-state index is 0.132. The summed E-state index contributed by atoms with van der Waals surface area (Å²) in [5.74, 6) is 0.988. The second kappa shape index (κ2) is 4.03. The van der Waals surface area contributed by atoms with Crippen molar-refractivity contribution in [2.45, 2.75) is 0 Å². The molecule has 84 valence electrons. The fraction of sp³-hybridized carbons (Fsp3) is 0. The van der Waals surface area contributed by atoms with Gasteiger partial charge in [-0.3, -0.25) is 0 Å². The van der Waals surface area contributed by atoms with Crippen LogP contribution in [-0.2, 0) is 0 Å². The number of phenols is 1. The van der Waals surface area contributed by atoms with Gasteiger partial charge in [-0.15, -0.1) is 0 Å². The maximum Gasteiger partial charge on any atom is 0.261 e. The first kappa shape index (κ1) is 10.0. The third-order valence-electron chi connectivity index (χ3n) is 2.34. The molecule has 0 saturated heterocycles. The third kappa shape index (κ3) is 1.81. The van der Waals surface area contributed by atoms with Gasteiger partial charge in [-0.05, 0) is 23.6 Å². The molecule has 3 aromatic rings. The lowest BCUT2D eigenvalue weighted by Crippen LogP contribution is -1.79. The molecule has 2 heterocycles. The lowest BCUT2D eigenvalue weighted by Gasteiger charge is -1.96. The number of nitrogens with zero attached hydrogens (tertiary/aromatic N) is 2. The Kier molecular flexibility index (Phi) is 2.38. The standard InChI is InChI=1S/C12H8N2O2S/c15-10-4-2-1-3-9(10)12-13-11(14-16-12)8-5-6-17-7-8/h1-7,15H. The summed E-state index contributed by atoms with van der Waals surface area (Å²) >= 11 is 1.57. The second-order valence-electron chi connectivity index (χ2n) is 3.45. The number of phenolic OH excluding ortho intramolecular Hbond substituents is 1. The molecule has 3 rings (SSSR count). The van der Waals surface area contributed by atoms with Crippen molar-refractivity contribution in [2.75, 3.05) is 0 Å². The Labute approximate surface area is 101 Å². The molecular weight excluding hydrogens is 236 g/mol. The van der Waals surface area contributed by atoms with Crippen molar-refractivity contribution >= 4 is 11.3 Å². The van der Waals surface area contributed by atoms with E-state index in [1.54, 1.807) is 29.5 Å². The zero-order valence-corrected chi connectivity index (χ0v) is 9.52. The van der Waals surface area contributed by atoms with E-state index in [-0.39, 0.29) is 5.75 Å². The molecule has 5 heteroatoms. The highest BCUT2D eigenvalue weighted by molar-refractivity contribution is 7.08. The zero-order valence-electron chi connectivity index (χ0n) is 8.70. The number of rotatable bonds is 2. The maximum absolute atomic E-state index is 9.68. The van der Waals surface area contributed by atoms with E-state index in [1.807, 2.05) is 22.9 Å². The molecule has 1 N–H and O–H groups in total. The number of thiophene rings is 1. The largest absolute Gasteiger partial charge is 0.507 e. The number of hydrogen-bond donors (Lipinski definition) is 1. The summed E-state index contributed by atoms with van der Waals surface area (Å²) in [5.41, 5.74) is 1.46. The average molecular weight is 244 g/mol. The molecule has 0 fully saturated rings. The highest BCUT2D eigenvalue weighted by Crippen LogP contribution is 2.29. The SMILES string of the molecule is Oc1ccccc1-c1nc(-c2ccsc2)no1. The molecule has 0 unspecified atom stereocenters. The molecule has 4 nitrogen and oxygen atoms in total. The first-order chi connectivity index (χ1) is 8.34. The molecule has 0 saturated carbocycles. The minimum atomic E-state index is 0.132. The van der Waals surface area contributed by atoms with Crippen molar-refractivity contribution in [1.29, 1.82) is 0 Å². The Hall–Kier alpha value is -2.14. The Morgan fingerprint density at radius 2 is 2.06 bits per heavy atom. The van der Waals surface area contributed by atoms with Gasteiger partial charge in [-0.2, -0.15) is 16.3 Å². The summed E-state index contributed by atoms with van der Waals surface area (Å²) in [5, 5.41) is 17.5. The number of aromatic nitrogens is 2. The van der Waals surface area contributed by atoms with Crippen LogP contribution >= 0.6 is 11.3 Å². The summed E-state index contributed by atoms with van der Waals surface area (Å²) in [6, 6.07) is 8.80. The lowest BCUT2D eigenvalue weighted by atomic mass is 10.2. The van der Waals surface area contributed by atoms with Crippen LogP contribution < -0.4 is 0 Å². The van der Waals surface area contributed by atoms with Crippen LogP contribution in [0.1, 0.15) is 0 Å². The average Bonchev–Trinajstić information content (AvgIpc) is 3.00. The van der Waals surface area contributed by atoms with Gasteiger partial charge >= 0.3 is 0 Å². The smallest absolute Gasteiger partial charge is 0.261 e. The molecule has 0 bridgehead atoms. The van der Waals surface area contributed by atoms with E-state index >= 15 is 0 Å². The van der Waals surface area contributed by atoms with Crippen molar-refractivity contribution in [3.05, 3.63) is 41.1 Å². The van der Waals surface area contributed by atoms with Crippen LogP contribution in [-0.4, -0.2) is 15.2 Å². The van der Waals surface area contributed by atoms with Gasteiger partial charge < -0.3 is 9.63 Å². The quantitative estimate of drug-likeness (QED) is 0.752. The maximum atomic E-state index is 9.68. The molecule has 0 aliphatic rings. The van der Waals surface area contributed by atoms with E-state index in [0.29, 0.717) is 17.3 Å². The van der Waals surface area contributed by atoms with Gasteiger partial charge in [0.15, 0.2) is 0 Å². The highest BCUT2D eigenvalue weighted by Gasteiger charge is 2.13. The van der Waals surface area contributed by atoms with Gasteiger partial charge in [0.05, 0.1) is 5.56 Å². The molecule has 0 aliphatic heterocycles. The van der Waals surface area contributed by atoms with Gasteiger partial charge in [0.25, 0.3) is 5.89 Å². The van der Waals surface area contributed by atoms with Crippen LogP contribution in [0.5, 0.6) is 5.75 Å². The monoisotopic (exact) mass is 244 g/mol. The normalized spacial score (nSPS) is 10.6. The van der Waals surface area contributed by atoms with Crippen molar-refractivity contribution in [1.82, 2.24) is 10.1 Å². The Morgan fingerprint density at radius 1 is 1.18 bits per heavy atom. The van der Waals surface area contributed by atoms with Crippen LogP contribution in [0, 0.1) is 0 Å². The fourth-order valence-corrected chi connectivity index (χ4v) is 2.13. The Bertz CT molecular complexity index is 632. The van der Waals surface area contributed by atoms with Crippen molar-refractivity contribution in [3.63, 3.8) is 0 Å². The van der Waals surface area contributed by atoms with Crippen LogP contribution in [0.2, 0.25) is 0 Å². The predicted molar refractivity (Wildman–Crippen MR) is 64.7 cm³/mol. The van der Waals surface area contributed by atoms with E-state index in [0.717, 1.165) is 5.56 Å². The Balaban J connectivity index is 2.04. The summed E-state index contributed by atoms with van der Waals surface area (Å²) in [6.45, 7) is 0. The fourth-order valence-electron chi connectivity index (χ4n) is 1.50. The molecule has 0 aliphatic carbocycles. The first-order valence-electron chi connectivity index (χ1n) is 4.99. The van der Waals surface area contributed by atoms with E-state index < -0.39 is 0 Å². The van der Waals surface area contributed by atoms with Gasteiger partial charge in [0.2, 0.25) is 5.82 Å².